The molecule has 1 heterocycles. The molecule has 0 radical (unpaired) electrons. The number of carbonyl (C=O) groups excluding carboxylic acids is 2. The van der Waals surface area contributed by atoms with Gasteiger partial charge in [-0.25, -0.2) is 9.59 Å². The van der Waals surface area contributed by atoms with Gasteiger partial charge in [-0.1, -0.05) is 0 Å². The van der Waals surface area contributed by atoms with Crippen LogP contribution in [0, 0.1) is 16.0 Å². The SMILES string of the molecule is CCOC(=O)c1cc(C(=O)OC(C)(C)C2CCNCC2)cc([N+](=O)[O-])c1. The third-order valence-corrected chi connectivity index (χ3v) is 4.55. The Labute approximate surface area is 152 Å². The molecule has 0 saturated carbocycles. The maximum atomic E-state index is 12.6. The van der Waals surface area contributed by atoms with Crippen molar-refractivity contribution in [2.45, 2.75) is 39.2 Å². The first-order valence-corrected chi connectivity index (χ1v) is 8.65. The van der Waals surface area contributed by atoms with Crippen molar-refractivity contribution in [3.63, 3.8) is 0 Å². The molecule has 26 heavy (non-hydrogen) atoms. The zero-order valence-corrected chi connectivity index (χ0v) is 15.2. The lowest BCUT2D eigenvalue weighted by molar-refractivity contribution is -0.384. The molecule has 1 N–H and O–H groups in total. The first kappa shape index (κ1) is 19.8. The van der Waals surface area contributed by atoms with E-state index in [4.69, 9.17) is 9.47 Å². The van der Waals surface area contributed by atoms with Crippen molar-refractivity contribution in [2.75, 3.05) is 19.7 Å². The number of rotatable bonds is 6. The molecule has 0 atom stereocenters. The van der Waals surface area contributed by atoms with Crippen LogP contribution in [0.5, 0.6) is 0 Å². The summed E-state index contributed by atoms with van der Waals surface area (Å²) in [5.74, 6) is -1.22. The van der Waals surface area contributed by atoms with Crippen molar-refractivity contribution < 1.29 is 24.0 Å². The van der Waals surface area contributed by atoms with Gasteiger partial charge in [-0.3, -0.25) is 10.1 Å². The second-order valence-electron chi connectivity index (χ2n) is 6.76. The van der Waals surface area contributed by atoms with E-state index >= 15 is 0 Å². The minimum Gasteiger partial charge on any atom is -0.462 e. The number of ether oxygens (including phenoxy) is 2. The topological polar surface area (TPSA) is 108 Å². The summed E-state index contributed by atoms with van der Waals surface area (Å²) in [5.41, 5.74) is -1.16. The number of nitrogens with zero attached hydrogens (tertiary/aromatic N) is 1. The molecule has 8 nitrogen and oxygen atoms in total. The largest absolute Gasteiger partial charge is 0.462 e. The highest BCUT2D eigenvalue weighted by Crippen LogP contribution is 2.30. The van der Waals surface area contributed by atoms with Gasteiger partial charge in [0.05, 0.1) is 22.7 Å². The number of piperidine rings is 1. The maximum absolute atomic E-state index is 12.6. The quantitative estimate of drug-likeness (QED) is 0.470. The Kier molecular flexibility index (Phi) is 6.31. The smallest absolute Gasteiger partial charge is 0.338 e. The van der Waals surface area contributed by atoms with E-state index in [1.165, 1.54) is 6.07 Å². The molecule has 0 amide bonds. The Hall–Kier alpha value is -2.48. The first-order valence-electron chi connectivity index (χ1n) is 8.65. The molecule has 1 aliphatic heterocycles. The fourth-order valence-electron chi connectivity index (χ4n) is 3.07. The molecule has 0 unspecified atom stereocenters. The fourth-order valence-corrected chi connectivity index (χ4v) is 3.07. The summed E-state index contributed by atoms with van der Waals surface area (Å²) in [6.45, 7) is 7.15. The Morgan fingerprint density at radius 1 is 1.19 bits per heavy atom. The summed E-state index contributed by atoms with van der Waals surface area (Å²) in [5, 5.41) is 14.4. The second kappa shape index (κ2) is 8.27. The van der Waals surface area contributed by atoms with Crippen molar-refractivity contribution in [2.24, 2.45) is 5.92 Å². The molecule has 1 aromatic carbocycles. The third kappa shape index (κ3) is 4.78. The van der Waals surface area contributed by atoms with E-state index in [0.717, 1.165) is 38.1 Å². The minimum absolute atomic E-state index is 0.0377. The van der Waals surface area contributed by atoms with Crippen LogP contribution in [0.25, 0.3) is 0 Å². The Morgan fingerprint density at radius 3 is 2.31 bits per heavy atom. The molecule has 0 bridgehead atoms. The number of hydrogen-bond donors (Lipinski definition) is 1. The van der Waals surface area contributed by atoms with Crippen LogP contribution >= 0.6 is 0 Å². The molecule has 0 aliphatic carbocycles. The zero-order valence-electron chi connectivity index (χ0n) is 15.2. The highest BCUT2D eigenvalue weighted by atomic mass is 16.6. The lowest BCUT2D eigenvalue weighted by Crippen LogP contribution is -2.42. The molecular weight excluding hydrogens is 340 g/mol. The number of esters is 2. The zero-order chi connectivity index (χ0) is 19.3. The van der Waals surface area contributed by atoms with Crippen LogP contribution in [0.3, 0.4) is 0 Å². The number of carbonyl (C=O) groups is 2. The first-order chi connectivity index (χ1) is 12.2. The highest BCUT2D eigenvalue weighted by Gasteiger charge is 2.35. The Morgan fingerprint density at radius 2 is 1.77 bits per heavy atom. The van der Waals surface area contributed by atoms with Crippen molar-refractivity contribution in [3.8, 4) is 0 Å². The van der Waals surface area contributed by atoms with E-state index in [0.29, 0.717) is 0 Å². The number of nitrogens with one attached hydrogen (secondary N) is 1. The number of non-ortho nitro benzene ring substituents is 1. The minimum atomic E-state index is -0.720. The van der Waals surface area contributed by atoms with E-state index in [-0.39, 0.29) is 29.3 Å². The van der Waals surface area contributed by atoms with Gasteiger partial charge in [0, 0.05) is 18.1 Å². The van der Waals surface area contributed by atoms with Crippen LogP contribution in [0.2, 0.25) is 0 Å². The van der Waals surface area contributed by atoms with Crippen LogP contribution in [0.1, 0.15) is 54.3 Å². The molecule has 1 aromatic rings. The van der Waals surface area contributed by atoms with E-state index in [9.17, 15) is 19.7 Å². The summed E-state index contributed by atoms with van der Waals surface area (Å²) in [6, 6.07) is 3.47. The van der Waals surface area contributed by atoms with Gasteiger partial charge in [-0.15, -0.1) is 0 Å². The summed E-state index contributed by atoms with van der Waals surface area (Å²) in [7, 11) is 0. The van der Waals surface area contributed by atoms with Crippen LogP contribution in [0.15, 0.2) is 18.2 Å². The molecular formula is C18H24N2O6. The van der Waals surface area contributed by atoms with Gasteiger partial charge in [0.2, 0.25) is 0 Å². The predicted octanol–water partition coefficient (Wildman–Crippen LogP) is 2.71. The summed E-state index contributed by atoms with van der Waals surface area (Å²) < 4.78 is 10.5. The number of nitro benzene ring substituents is 1. The number of hydrogen-bond acceptors (Lipinski definition) is 7. The molecule has 142 valence electrons. The predicted molar refractivity (Wildman–Crippen MR) is 94.1 cm³/mol. The number of benzene rings is 1. The van der Waals surface area contributed by atoms with Gasteiger partial charge < -0.3 is 14.8 Å². The van der Waals surface area contributed by atoms with E-state index in [2.05, 4.69) is 5.32 Å². The average molecular weight is 364 g/mol. The molecule has 2 rings (SSSR count). The van der Waals surface area contributed by atoms with Crippen molar-refractivity contribution in [1.82, 2.24) is 5.32 Å². The van der Waals surface area contributed by atoms with Gasteiger partial charge in [0.25, 0.3) is 5.69 Å². The van der Waals surface area contributed by atoms with Crippen LogP contribution < -0.4 is 5.32 Å². The standard InChI is InChI=1S/C18H24N2O6/c1-4-25-16(21)12-9-13(11-15(10-12)20(23)24)17(22)26-18(2,3)14-5-7-19-8-6-14/h9-11,14,19H,4-8H2,1-3H3. The van der Waals surface area contributed by atoms with Crippen LogP contribution in [-0.2, 0) is 9.47 Å². The van der Waals surface area contributed by atoms with E-state index in [1.54, 1.807) is 6.92 Å². The normalized spacial score (nSPS) is 15.3. The maximum Gasteiger partial charge on any atom is 0.338 e. The summed E-state index contributed by atoms with van der Waals surface area (Å²) >= 11 is 0. The number of nitro groups is 1. The van der Waals surface area contributed by atoms with Crippen molar-refractivity contribution >= 4 is 17.6 Å². The molecule has 0 spiro atoms. The van der Waals surface area contributed by atoms with Gasteiger partial charge >= 0.3 is 11.9 Å². The molecule has 8 heteroatoms. The molecule has 0 aromatic heterocycles. The van der Waals surface area contributed by atoms with Gasteiger partial charge in [-0.2, -0.15) is 0 Å². The highest BCUT2D eigenvalue weighted by molar-refractivity contribution is 5.96. The van der Waals surface area contributed by atoms with Gasteiger partial charge in [0.15, 0.2) is 0 Å². The third-order valence-electron chi connectivity index (χ3n) is 4.55. The van der Waals surface area contributed by atoms with Crippen molar-refractivity contribution in [1.29, 1.82) is 0 Å². The Balaban J connectivity index is 2.26. The van der Waals surface area contributed by atoms with E-state index < -0.39 is 22.5 Å². The monoisotopic (exact) mass is 364 g/mol. The molecule has 1 aliphatic rings. The van der Waals surface area contributed by atoms with Crippen LogP contribution in [-0.4, -0.2) is 42.2 Å². The van der Waals surface area contributed by atoms with Crippen LogP contribution in [0.4, 0.5) is 5.69 Å². The summed E-state index contributed by atoms with van der Waals surface area (Å²) in [4.78, 5) is 35.0. The molecule has 1 saturated heterocycles. The Bertz CT molecular complexity index is 695. The lowest BCUT2D eigenvalue weighted by atomic mass is 9.83. The lowest BCUT2D eigenvalue weighted by Gasteiger charge is -2.36. The van der Waals surface area contributed by atoms with E-state index in [1.807, 2.05) is 13.8 Å². The molecule has 1 fully saturated rings. The fraction of sp³-hybridized carbons (Fsp3) is 0.556. The second-order valence-corrected chi connectivity index (χ2v) is 6.76. The average Bonchev–Trinajstić information content (AvgIpc) is 2.62. The summed E-state index contributed by atoms with van der Waals surface area (Å²) in [6.07, 6.45) is 1.76. The van der Waals surface area contributed by atoms with Gasteiger partial charge in [-0.05, 0) is 52.8 Å². The van der Waals surface area contributed by atoms with Crippen molar-refractivity contribution in [3.05, 3.63) is 39.4 Å². The van der Waals surface area contributed by atoms with Gasteiger partial charge in [0.1, 0.15) is 5.60 Å².